The average Bonchev–Trinajstić information content (AvgIpc) is 2.32. The summed E-state index contributed by atoms with van der Waals surface area (Å²) in [6.07, 6.45) is 3.06. The fraction of sp³-hybridized carbons (Fsp3) is 0.286. The molecule has 0 fully saturated rings. The molecule has 0 aliphatic rings. The van der Waals surface area contributed by atoms with E-state index in [1.165, 1.54) is 11.0 Å². The standard InChI is InChI=1S/C14H16BrNO3/c1-10(2)16(9-14(18)19)13(17)7-6-11-4-3-5-12(15)8-11/h3-8,10H,9H2,1-2H3,(H,18,19)/b7-6+. The molecule has 0 bridgehead atoms. The minimum absolute atomic E-state index is 0.157. The van der Waals surface area contributed by atoms with Gasteiger partial charge in [-0.15, -0.1) is 0 Å². The summed E-state index contributed by atoms with van der Waals surface area (Å²) in [7, 11) is 0. The molecule has 0 unspecified atom stereocenters. The lowest BCUT2D eigenvalue weighted by Crippen LogP contribution is -2.39. The van der Waals surface area contributed by atoms with Gasteiger partial charge in [0.05, 0.1) is 0 Å². The van der Waals surface area contributed by atoms with Gasteiger partial charge in [0.1, 0.15) is 6.54 Å². The van der Waals surface area contributed by atoms with E-state index in [0.717, 1.165) is 10.0 Å². The van der Waals surface area contributed by atoms with Crippen LogP contribution >= 0.6 is 15.9 Å². The molecule has 1 amide bonds. The van der Waals surface area contributed by atoms with E-state index in [0.29, 0.717) is 0 Å². The Hall–Kier alpha value is -1.62. The van der Waals surface area contributed by atoms with Gasteiger partial charge < -0.3 is 10.0 Å². The van der Waals surface area contributed by atoms with Gasteiger partial charge in [-0.25, -0.2) is 0 Å². The second-order valence-corrected chi connectivity index (χ2v) is 5.26. The van der Waals surface area contributed by atoms with Crippen molar-refractivity contribution in [3.05, 3.63) is 40.4 Å². The average molecular weight is 326 g/mol. The second-order valence-electron chi connectivity index (χ2n) is 4.34. The number of amides is 1. The molecular formula is C14H16BrNO3. The maximum atomic E-state index is 11.9. The molecule has 1 N–H and O–H groups in total. The molecule has 0 saturated carbocycles. The Morgan fingerprint density at radius 2 is 2.11 bits per heavy atom. The van der Waals surface area contributed by atoms with E-state index in [-0.39, 0.29) is 18.5 Å². The smallest absolute Gasteiger partial charge is 0.323 e. The maximum absolute atomic E-state index is 11.9. The first kappa shape index (κ1) is 15.4. The molecule has 4 nitrogen and oxygen atoms in total. The summed E-state index contributed by atoms with van der Waals surface area (Å²) in [6.45, 7) is 3.28. The number of rotatable bonds is 5. The van der Waals surface area contributed by atoms with Gasteiger partial charge in [0.15, 0.2) is 0 Å². The van der Waals surface area contributed by atoms with E-state index in [2.05, 4.69) is 15.9 Å². The van der Waals surface area contributed by atoms with Crippen molar-refractivity contribution < 1.29 is 14.7 Å². The van der Waals surface area contributed by atoms with E-state index in [1.807, 2.05) is 24.3 Å². The number of hydrogen-bond acceptors (Lipinski definition) is 2. The normalized spacial score (nSPS) is 10.9. The van der Waals surface area contributed by atoms with Crippen LogP contribution in [-0.2, 0) is 9.59 Å². The molecule has 0 radical (unpaired) electrons. The Morgan fingerprint density at radius 1 is 1.42 bits per heavy atom. The van der Waals surface area contributed by atoms with Gasteiger partial charge in [-0.3, -0.25) is 9.59 Å². The molecular weight excluding hydrogens is 310 g/mol. The SMILES string of the molecule is CC(C)N(CC(=O)O)C(=O)/C=C/c1cccc(Br)c1. The van der Waals surface area contributed by atoms with Gasteiger partial charge in [-0.2, -0.15) is 0 Å². The Balaban J connectivity index is 2.79. The predicted molar refractivity (Wildman–Crippen MR) is 77.7 cm³/mol. The number of halogens is 1. The third kappa shape index (κ3) is 5.26. The quantitative estimate of drug-likeness (QED) is 0.847. The fourth-order valence-corrected chi connectivity index (χ4v) is 1.95. The van der Waals surface area contributed by atoms with Crippen molar-refractivity contribution in [2.75, 3.05) is 6.54 Å². The molecule has 1 aromatic rings. The molecule has 0 spiro atoms. The van der Waals surface area contributed by atoms with Crippen molar-refractivity contribution in [2.45, 2.75) is 19.9 Å². The summed E-state index contributed by atoms with van der Waals surface area (Å²) < 4.78 is 0.924. The molecule has 5 heteroatoms. The van der Waals surface area contributed by atoms with E-state index in [1.54, 1.807) is 19.9 Å². The van der Waals surface area contributed by atoms with E-state index in [9.17, 15) is 9.59 Å². The van der Waals surface area contributed by atoms with Gasteiger partial charge in [0.2, 0.25) is 5.91 Å². The first-order valence-corrected chi connectivity index (χ1v) is 6.65. The Morgan fingerprint density at radius 3 is 2.63 bits per heavy atom. The Labute approximate surface area is 120 Å². The van der Waals surface area contributed by atoms with Gasteiger partial charge in [0, 0.05) is 16.6 Å². The number of nitrogens with zero attached hydrogens (tertiary/aromatic N) is 1. The third-order valence-corrected chi connectivity index (χ3v) is 2.97. The number of carboxylic acids is 1. The Kier molecular flexibility index (Phi) is 5.76. The van der Waals surface area contributed by atoms with Crippen LogP contribution in [0, 0.1) is 0 Å². The lowest BCUT2D eigenvalue weighted by molar-refractivity contribution is -0.143. The second kappa shape index (κ2) is 7.09. The van der Waals surface area contributed by atoms with E-state index >= 15 is 0 Å². The molecule has 0 aromatic heterocycles. The zero-order valence-corrected chi connectivity index (χ0v) is 12.4. The number of carboxylic acid groups (broad SMARTS) is 1. The van der Waals surface area contributed by atoms with Gasteiger partial charge in [-0.05, 0) is 37.6 Å². The number of carbonyl (C=O) groups is 2. The number of carbonyl (C=O) groups excluding carboxylic acids is 1. The van der Waals surface area contributed by atoms with Crippen LogP contribution in [0.25, 0.3) is 6.08 Å². The summed E-state index contributed by atoms with van der Waals surface area (Å²) in [5.41, 5.74) is 0.877. The molecule has 1 aromatic carbocycles. The number of benzene rings is 1. The highest BCUT2D eigenvalue weighted by molar-refractivity contribution is 9.10. The minimum atomic E-state index is -1.02. The molecule has 19 heavy (non-hydrogen) atoms. The lowest BCUT2D eigenvalue weighted by Gasteiger charge is -2.23. The third-order valence-electron chi connectivity index (χ3n) is 2.48. The maximum Gasteiger partial charge on any atom is 0.323 e. The zero-order valence-electron chi connectivity index (χ0n) is 10.8. The first-order chi connectivity index (χ1) is 8.90. The largest absolute Gasteiger partial charge is 0.480 e. The highest BCUT2D eigenvalue weighted by atomic mass is 79.9. The molecule has 0 aliphatic carbocycles. The summed E-state index contributed by atoms with van der Waals surface area (Å²) in [5, 5.41) is 8.78. The molecule has 102 valence electrons. The summed E-state index contributed by atoms with van der Waals surface area (Å²) in [4.78, 5) is 24.0. The van der Waals surface area contributed by atoms with E-state index < -0.39 is 5.97 Å². The molecule has 0 atom stereocenters. The summed E-state index contributed by atoms with van der Waals surface area (Å²) in [6, 6.07) is 7.35. The van der Waals surface area contributed by atoms with Crippen molar-refractivity contribution in [2.24, 2.45) is 0 Å². The number of aliphatic carboxylic acids is 1. The summed E-state index contributed by atoms with van der Waals surface area (Å²) >= 11 is 3.35. The topological polar surface area (TPSA) is 57.6 Å². The molecule has 0 saturated heterocycles. The molecule has 0 aliphatic heterocycles. The highest BCUT2D eigenvalue weighted by Crippen LogP contribution is 2.13. The van der Waals surface area contributed by atoms with Crippen LogP contribution in [0.5, 0.6) is 0 Å². The van der Waals surface area contributed by atoms with Crippen LogP contribution in [-0.4, -0.2) is 34.5 Å². The Bertz CT molecular complexity index is 497. The van der Waals surface area contributed by atoms with Crippen LogP contribution in [0.2, 0.25) is 0 Å². The fourth-order valence-electron chi connectivity index (χ4n) is 1.53. The summed E-state index contributed by atoms with van der Waals surface area (Å²) in [5.74, 6) is -1.32. The minimum Gasteiger partial charge on any atom is -0.480 e. The molecule has 0 heterocycles. The van der Waals surface area contributed by atoms with Gasteiger partial charge in [0.25, 0.3) is 0 Å². The monoisotopic (exact) mass is 325 g/mol. The number of hydrogen-bond donors (Lipinski definition) is 1. The highest BCUT2D eigenvalue weighted by Gasteiger charge is 2.17. The van der Waals surface area contributed by atoms with Gasteiger partial charge >= 0.3 is 5.97 Å². The van der Waals surface area contributed by atoms with Crippen molar-refractivity contribution in [3.8, 4) is 0 Å². The molecule has 1 rings (SSSR count). The van der Waals surface area contributed by atoms with Crippen LogP contribution in [0.3, 0.4) is 0 Å². The lowest BCUT2D eigenvalue weighted by atomic mass is 10.2. The van der Waals surface area contributed by atoms with Gasteiger partial charge in [-0.1, -0.05) is 28.1 Å². The van der Waals surface area contributed by atoms with Crippen LogP contribution in [0.4, 0.5) is 0 Å². The van der Waals surface area contributed by atoms with Crippen LogP contribution < -0.4 is 0 Å². The zero-order chi connectivity index (χ0) is 14.4. The van der Waals surface area contributed by atoms with Crippen LogP contribution in [0.1, 0.15) is 19.4 Å². The van der Waals surface area contributed by atoms with Crippen LogP contribution in [0.15, 0.2) is 34.8 Å². The van der Waals surface area contributed by atoms with Crippen molar-refractivity contribution in [1.82, 2.24) is 4.90 Å². The van der Waals surface area contributed by atoms with Crippen molar-refractivity contribution in [3.63, 3.8) is 0 Å². The van der Waals surface area contributed by atoms with E-state index in [4.69, 9.17) is 5.11 Å². The van der Waals surface area contributed by atoms with Crippen molar-refractivity contribution >= 4 is 33.9 Å². The van der Waals surface area contributed by atoms with Crippen molar-refractivity contribution in [1.29, 1.82) is 0 Å². The first-order valence-electron chi connectivity index (χ1n) is 5.86. The predicted octanol–water partition coefficient (Wildman–Crippen LogP) is 2.78.